The molecule has 1 rings (SSSR count). The van der Waals surface area contributed by atoms with E-state index in [1.165, 1.54) is 25.5 Å². The van der Waals surface area contributed by atoms with Crippen molar-refractivity contribution in [3.8, 4) is 0 Å². The zero-order valence-electron chi connectivity index (χ0n) is 6.85. The first kappa shape index (κ1) is 10.2. The summed E-state index contributed by atoms with van der Waals surface area (Å²) < 4.78 is 30.6. The first-order chi connectivity index (χ1) is 6.15. The number of methoxy groups -OCH3 is 1. The Balaban J connectivity index is 3.08. The summed E-state index contributed by atoms with van der Waals surface area (Å²) in [5.74, 6) is -1.24. The van der Waals surface area contributed by atoms with E-state index in [-0.39, 0.29) is 10.0 Å². The Kier molecular flexibility index (Phi) is 3.42. The number of hydrogen-bond acceptors (Lipinski definition) is 1. The van der Waals surface area contributed by atoms with Crippen LogP contribution in [0.4, 0.5) is 8.78 Å². The molecule has 0 atom stereocenters. The summed E-state index contributed by atoms with van der Waals surface area (Å²) in [5, 5.41) is 0. The van der Waals surface area contributed by atoms with Crippen LogP contribution < -0.4 is 0 Å². The van der Waals surface area contributed by atoms with Crippen molar-refractivity contribution in [2.75, 3.05) is 7.11 Å². The zero-order chi connectivity index (χ0) is 9.84. The fraction of sp³-hybridized carbons (Fsp3) is 0.111. The third kappa shape index (κ3) is 2.52. The number of rotatable bonds is 2. The molecule has 1 aromatic carbocycles. The van der Waals surface area contributed by atoms with Gasteiger partial charge in [0.1, 0.15) is 11.6 Å². The highest BCUT2D eigenvalue weighted by Crippen LogP contribution is 2.20. The van der Waals surface area contributed by atoms with Crippen LogP contribution in [0.5, 0.6) is 0 Å². The van der Waals surface area contributed by atoms with Crippen molar-refractivity contribution in [1.29, 1.82) is 0 Å². The molecule has 0 radical (unpaired) electrons. The second kappa shape index (κ2) is 4.37. The molecule has 0 aliphatic rings. The fourth-order valence-electron chi connectivity index (χ4n) is 0.807. The van der Waals surface area contributed by atoms with Gasteiger partial charge in [-0.15, -0.1) is 0 Å². The van der Waals surface area contributed by atoms with Crippen molar-refractivity contribution < 1.29 is 13.5 Å². The normalized spacial score (nSPS) is 10.8. The number of benzene rings is 1. The van der Waals surface area contributed by atoms with Gasteiger partial charge in [0, 0.05) is 11.6 Å². The van der Waals surface area contributed by atoms with E-state index in [0.29, 0.717) is 0 Å². The van der Waals surface area contributed by atoms with Crippen LogP contribution in [0.1, 0.15) is 5.56 Å². The molecule has 70 valence electrons. The van der Waals surface area contributed by atoms with E-state index >= 15 is 0 Å². The lowest BCUT2D eigenvalue weighted by Gasteiger charge is -1.99. The Bertz CT molecular complexity index is 337. The molecule has 0 fully saturated rings. The minimum absolute atomic E-state index is 0.227. The smallest absolute Gasteiger partial charge is 0.140 e. The van der Waals surface area contributed by atoms with Crippen molar-refractivity contribution in [2.24, 2.45) is 0 Å². The Labute approximate surface area is 83.1 Å². The van der Waals surface area contributed by atoms with Gasteiger partial charge in [-0.25, -0.2) is 8.78 Å². The molecule has 0 N–H and O–H groups in total. The highest BCUT2D eigenvalue weighted by molar-refractivity contribution is 9.10. The first-order valence-corrected chi connectivity index (χ1v) is 4.28. The van der Waals surface area contributed by atoms with Crippen LogP contribution in [0, 0.1) is 11.6 Å². The van der Waals surface area contributed by atoms with Gasteiger partial charge in [-0.3, -0.25) is 0 Å². The summed E-state index contributed by atoms with van der Waals surface area (Å²) in [6.07, 6.45) is 2.74. The average molecular weight is 249 g/mol. The van der Waals surface area contributed by atoms with Crippen molar-refractivity contribution in [2.45, 2.75) is 0 Å². The van der Waals surface area contributed by atoms with Crippen LogP contribution in [0.3, 0.4) is 0 Å². The lowest BCUT2D eigenvalue weighted by atomic mass is 10.2. The quantitative estimate of drug-likeness (QED) is 0.576. The van der Waals surface area contributed by atoms with Crippen LogP contribution in [-0.4, -0.2) is 7.11 Å². The van der Waals surface area contributed by atoms with Crippen LogP contribution in [-0.2, 0) is 4.74 Å². The van der Waals surface area contributed by atoms with Gasteiger partial charge < -0.3 is 4.74 Å². The van der Waals surface area contributed by atoms with Crippen LogP contribution >= 0.6 is 15.9 Å². The molecule has 1 nitrogen and oxygen atoms in total. The van der Waals surface area contributed by atoms with E-state index in [4.69, 9.17) is 0 Å². The lowest BCUT2D eigenvalue weighted by molar-refractivity contribution is 0.341. The molecule has 0 bridgehead atoms. The highest BCUT2D eigenvalue weighted by atomic mass is 79.9. The summed E-state index contributed by atoms with van der Waals surface area (Å²) in [6, 6.07) is 2.17. The summed E-state index contributed by atoms with van der Waals surface area (Å²) in [6.45, 7) is 0. The third-order valence-electron chi connectivity index (χ3n) is 1.42. The molecule has 1 aromatic rings. The summed E-state index contributed by atoms with van der Waals surface area (Å²) >= 11 is 2.96. The Morgan fingerprint density at radius 3 is 2.62 bits per heavy atom. The number of ether oxygens (including phenoxy) is 1. The molecule has 0 unspecified atom stereocenters. The predicted octanol–water partition coefficient (Wildman–Crippen LogP) is 3.34. The van der Waals surface area contributed by atoms with Gasteiger partial charge in [-0.2, -0.15) is 0 Å². The number of hydrogen-bond donors (Lipinski definition) is 0. The van der Waals surface area contributed by atoms with Gasteiger partial charge in [0.15, 0.2) is 0 Å². The van der Waals surface area contributed by atoms with Gasteiger partial charge in [-0.1, -0.05) is 0 Å². The molecule has 13 heavy (non-hydrogen) atoms. The van der Waals surface area contributed by atoms with Crippen molar-refractivity contribution in [1.82, 2.24) is 0 Å². The minimum Gasteiger partial charge on any atom is -0.504 e. The predicted molar refractivity (Wildman–Crippen MR) is 50.1 cm³/mol. The molecule has 4 heteroatoms. The Hall–Kier alpha value is -0.900. The van der Waals surface area contributed by atoms with E-state index in [2.05, 4.69) is 20.7 Å². The van der Waals surface area contributed by atoms with Crippen molar-refractivity contribution in [3.05, 3.63) is 40.1 Å². The fourth-order valence-corrected chi connectivity index (χ4v) is 1.17. The van der Waals surface area contributed by atoms with E-state index in [9.17, 15) is 8.78 Å². The van der Waals surface area contributed by atoms with Crippen molar-refractivity contribution in [3.63, 3.8) is 0 Å². The Morgan fingerprint density at radius 2 is 2.00 bits per heavy atom. The second-order valence-corrected chi connectivity index (χ2v) is 3.18. The second-order valence-electron chi connectivity index (χ2n) is 2.33. The van der Waals surface area contributed by atoms with Gasteiger partial charge in [-0.05, 0) is 28.1 Å². The molecule has 0 aromatic heterocycles. The molecular weight excluding hydrogens is 242 g/mol. The largest absolute Gasteiger partial charge is 0.504 e. The SMILES string of the molecule is CO/C=C/c1cc(Br)c(F)cc1F. The van der Waals surface area contributed by atoms with Gasteiger partial charge in [0.05, 0.1) is 17.8 Å². The third-order valence-corrected chi connectivity index (χ3v) is 2.03. The summed E-state index contributed by atoms with van der Waals surface area (Å²) in [7, 11) is 1.45. The molecular formula is C9H7BrF2O. The van der Waals surface area contributed by atoms with E-state index in [1.807, 2.05) is 0 Å². The van der Waals surface area contributed by atoms with Gasteiger partial charge >= 0.3 is 0 Å². The standard InChI is InChI=1S/C9H7BrF2O/c1-13-3-2-6-4-7(10)9(12)5-8(6)11/h2-5H,1H3/b3-2+. The van der Waals surface area contributed by atoms with Crippen LogP contribution in [0.2, 0.25) is 0 Å². The van der Waals surface area contributed by atoms with Crippen LogP contribution in [0.15, 0.2) is 22.9 Å². The maximum atomic E-state index is 13.0. The summed E-state index contributed by atoms with van der Waals surface area (Å²) in [5.41, 5.74) is 0.273. The molecule has 0 aliphatic heterocycles. The monoisotopic (exact) mass is 248 g/mol. The minimum atomic E-state index is -0.618. The maximum Gasteiger partial charge on any atom is 0.140 e. The maximum absolute atomic E-state index is 13.0. The zero-order valence-corrected chi connectivity index (χ0v) is 8.44. The van der Waals surface area contributed by atoms with Gasteiger partial charge in [0.25, 0.3) is 0 Å². The molecule has 0 spiro atoms. The Morgan fingerprint density at radius 1 is 1.31 bits per heavy atom. The molecule has 0 saturated heterocycles. The highest BCUT2D eigenvalue weighted by Gasteiger charge is 2.05. The van der Waals surface area contributed by atoms with Gasteiger partial charge in [0.2, 0.25) is 0 Å². The summed E-state index contributed by atoms with van der Waals surface area (Å²) in [4.78, 5) is 0. The molecule has 0 amide bonds. The average Bonchev–Trinajstić information content (AvgIpc) is 2.09. The molecule has 0 heterocycles. The topological polar surface area (TPSA) is 9.23 Å². The lowest BCUT2D eigenvalue weighted by Crippen LogP contribution is -1.86. The van der Waals surface area contributed by atoms with E-state index in [0.717, 1.165) is 6.07 Å². The van der Waals surface area contributed by atoms with Crippen molar-refractivity contribution >= 4 is 22.0 Å². The van der Waals surface area contributed by atoms with E-state index in [1.54, 1.807) is 0 Å². The molecule has 0 saturated carbocycles. The molecule has 0 aliphatic carbocycles. The first-order valence-electron chi connectivity index (χ1n) is 3.49. The number of halogens is 3. The van der Waals surface area contributed by atoms with Crippen LogP contribution in [0.25, 0.3) is 6.08 Å². The van der Waals surface area contributed by atoms with E-state index < -0.39 is 11.6 Å².